The van der Waals surface area contributed by atoms with Gasteiger partial charge in [0, 0.05) is 6.54 Å². The highest BCUT2D eigenvalue weighted by Gasteiger charge is 2.32. The second kappa shape index (κ2) is 7.43. The van der Waals surface area contributed by atoms with Gasteiger partial charge in [-0.1, -0.05) is 34.6 Å². The van der Waals surface area contributed by atoms with E-state index < -0.39 is 0 Å². The van der Waals surface area contributed by atoms with Gasteiger partial charge in [-0.05, 0) is 56.7 Å². The lowest BCUT2D eigenvalue weighted by atomic mass is 9.80. The monoisotopic (exact) mass is 279 g/mol. The maximum absolute atomic E-state index is 9.42. The zero-order valence-corrected chi connectivity index (χ0v) is 14.1. The van der Waals surface area contributed by atoms with Crippen molar-refractivity contribution in [3.63, 3.8) is 0 Å². The van der Waals surface area contributed by atoms with Crippen molar-refractivity contribution in [3.8, 4) is 6.07 Å². The number of hydrogen-bond donors (Lipinski definition) is 1. The van der Waals surface area contributed by atoms with Gasteiger partial charge < -0.3 is 4.90 Å². The molecule has 1 rings (SSSR count). The average molecular weight is 279 g/mol. The summed E-state index contributed by atoms with van der Waals surface area (Å²) in [5.74, 6) is 0.822. The Kier molecular flexibility index (Phi) is 6.48. The molecule has 0 amide bonds. The molecule has 0 radical (unpaired) electrons. The van der Waals surface area contributed by atoms with Gasteiger partial charge in [0.15, 0.2) is 0 Å². The highest BCUT2D eigenvalue weighted by Crippen LogP contribution is 2.33. The summed E-state index contributed by atoms with van der Waals surface area (Å²) in [6, 6.07) is 2.49. The fourth-order valence-corrected chi connectivity index (χ4v) is 3.25. The Hall–Kier alpha value is -0.590. The molecule has 0 aromatic rings. The lowest BCUT2D eigenvalue weighted by Crippen LogP contribution is -2.43. The number of rotatable bonds is 7. The van der Waals surface area contributed by atoms with Gasteiger partial charge in [0.25, 0.3) is 0 Å². The van der Waals surface area contributed by atoms with E-state index in [1.807, 2.05) is 0 Å². The van der Waals surface area contributed by atoms with Crippen LogP contribution in [0, 0.1) is 22.7 Å². The topological polar surface area (TPSA) is 39.1 Å². The Bertz CT molecular complexity index is 326. The van der Waals surface area contributed by atoms with Gasteiger partial charge >= 0.3 is 0 Å². The van der Waals surface area contributed by atoms with Crippen molar-refractivity contribution in [2.75, 3.05) is 26.2 Å². The molecule has 1 aliphatic heterocycles. The SMILES string of the molecule is CCNC(C#N)(CC)CCCN1CCC(C(C)(C)C)C1. The second-order valence-electron chi connectivity index (χ2n) is 7.33. The van der Waals surface area contributed by atoms with Gasteiger partial charge in [-0.15, -0.1) is 0 Å². The predicted octanol–water partition coefficient (Wildman–Crippen LogP) is 3.42. The van der Waals surface area contributed by atoms with Crippen LogP contribution >= 0.6 is 0 Å². The minimum atomic E-state index is -0.308. The lowest BCUT2D eigenvalue weighted by molar-refractivity contribution is 0.224. The van der Waals surface area contributed by atoms with Gasteiger partial charge in [-0.2, -0.15) is 5.26 Å². The second-order valence-corrected chi connectivity index (χ2v) is 7.33. The number of hydrogen-bond acceptors (Lipinski definition) is 3. The van der Waals surface area contributed by atoms with E-state index in [4.69, 9.17) is 0 Å². The molecule has 1 N–H and O–H groups in total. The van der Waals surface area contributed by atoms with E-state index in [1.54, 1.807) is 0 Å². The van der Waals surface area contributed by atoms with Gasteiger partial charge in [-0.3, -0.25) is 5.32 Å². The lowest BCUT2D eigenvalue weighted by Gasteiger charge is -2.28. The first kappa shape index (κ1) is 17.5. The van der Waals surface area contributed by atoms with E-state index in [0.717, 1.165) is 38.3 Å². The third-order valence-corrected chi connectivity index (χ3v) is 4.91. The maximum Gasteiger partial charge on any atom is 0.106 e. The van der Waals surface area contributed by atoms with Crippen LogP contribution in [0.2, 0.25) is 0 Å². The molecule has 1 aliphatic rings. The standard InChI is InChI=1S/C17H33N3/c1-6-17(14-18,19-7-2)10-8-11-20-12-9-15(13-20)16(3,4)5/h15,19H,6-13H2,1-5H3. The first-order valence-electron chi connectivity index (χ1n) is 8.25. The molecule has 0 aromatic carbocycles. The summed E-state index contributed by atoms with van der Waals surface area (Å²) in [5.41, 5.74) is 0.121. The minimum Gasteiger partial charge on any atom is -0.303 e. The first-order valence-corrected chi connectivity index (χ1v) is 8.25. The van der Waals surface area contributed by atoms with Crippen LogP contribution in [-0.2, 0) is 0 Å². The maximum atomic E-state index is 9.42. The Balaban J connectivity index is 2.36. The largest absolute Gasteiger partial charge is 0.303 e. The molecule has 0 bridgehead atoms. The first-order chi connectivity index (χ1) is 9.37. The summed E-state index contributed by atoms with van der Waals surface area (Å²) in [6.07, 6.45) is 4.30. The fourth-order valence-electron chi connectivity index (χ4n) is 3.25. The van der Waals surface area contributed by atoms with Crippen LogP contribution in [0.1, 0.15) is 60.3 Å². The molecule has 0 aromatic heterocycles. The quantitative estimate of drug-likeness (QED) is 0.776. The molecule has 2 atom stereocenters. The van der Waals surface area contributed by atoms with Crippen LogP contribution in [0.15, 0.2) is 0 Å². The van der Waals surface area contributed by atoms with Gasteiger partial charge in [0.1, 0.15) is 5.54 Å². The number of likely N-dealkylation sites (tertiary alicyclic amines) is 1. The van der Waals surface area contributed by atoms with E-state index in [2.05, 4.69) is 50.9 Å². The molecule has 1 heterocycles. The molecular weight excluding hydrogens is 246 g/mol. The van der Waals surface area contributed by atoms with Crippen LogP contribution in [0.25, 0.3) is 0 Å². The van der Waals surface area contributed by atoms with Crippen LogP contribution in [0.5, 0.6) is 0 Å². The Morgan fingerprint density at radius 1 is 1.30 bits per heavy atom. The van der Waals surface area contributed by atoms with Crippen LogP contribution < -0.4 is 5.32 Å². The van der Waals surface area contributed by atoms with Crippen LogP contribution in [0.3, 0.4) is 0 Å². The predicted molar refractivity (Wildman–Crippen MR) is 85.5 cm³/mol. The summed E-state index contributed by atoms with van der Waals surface area (Å²) in [7, 11) is 0. The average Bonchev–Trinajstić information content (AvgIpc) is 2.86. The summed E-state index contributed by atoms with van der Waals surface area (Å²) < 4.78 is 0. The Morgan fingerprint density at radius 3 is 2.45 bits per heavy atom. The molecule has 0 saturated carbocycles. The van der Waals surface area contributed by atoms with E-state index >= 15 is 0 Å². The molecule has 0 aliphatic carbocycles. The third kappa shape index (κ3) is 4.75. The summed E-state index contributed by atoms with van der Waals surface area (Å²) in [5, 5.41) is 12.8. The van der Waals surface area contributed by atoms with E-state index in [0.29, 0.717) is 5.41 Å². The van der Waals surface area contributed by atoms with E-state index in [1.165, 1.54) is 19.5 Å². The van der Waals surface area contributed by atoms with Crippen molar-refractivity contribution in [3.05, 3.63) is 0 Å². The number of nitriles is 1. The van der Waals surface area contributed by atoms with Crippen molar-refractivity contribution in [1.82, 2.24) is 10.2 Å². The number of nitrogens with one attached hydrogen (secondary N) is 1. The Morgan fingerprint density at radius 2 is 2.00 bits per heavy atom. The molecule has 116 valence electrons. The highest BCUT2D eigenvalue weighted by molar-refractivity contribution is 5.06. The summed E-state index contributed by atoms with van der Waals surface area (Å²) in [4.78, 5) is 2.58. The molecule has 3 nitrogen and oxygen atoms in total. The molecular formula is C17H33N3. The van der Waals surface area contributed by atoms with Gasteiger partial charge in [0.05, 0.1) is 6.07 Å². The third-order valence-electron chi connectivity index (χ3n) is 4.91. The number of nitrogens with zero attached hydrogens (tertiary/aromatic N) is 2. The van der Waals surface area contributed by atoms with Gasteiger partial charge in [-0.25, -0.2) is 0 Å². The molecule has 1 saturated heterocycles. The molecule has 3 heteroatoms. The van der Waals surface area contributed by atoms with E-state index in [-0.39, 0.29) is 5.54 Å². The van der Waals surface area contributed by atoms with E-state index in [9.17, 15) is 5.26 Å². The van der Waals surface area contributed by atoms with Crippen molar-refractivity contribution in [2.45, 2.75) is 65.8 Å². The van der Waals surface area contributed by atoms with Crippen molar-refractivity contribution in [2.24, 2.45) is 11.3 Å². The van der Waals surface area contributed by atoms with Crippen LogP contribution in [-0.4, -0.2) is 36.6 Å². The summed E-state index contributed by atoms with van der Waals surface area (Å²) >= 11 is 0. The van der Waals surface area contributed by atoms with Crippen LogP contribution in [0.4, 0.5) is 0 Å². The van der Waals surface area contributed by atoms with Gasteiger partial charge in [0.2, 0.25) is 0 Å². The smallest absolute Gasteiger partial charge is 0.106 e. The highest BCUT2D eigenvalue weighted by atomic mass is 15.1. The normalized spacial score (nSPS) is 23.5. The van der Waals surface area contributed by atoms with Crippen molar-refractivity contribution in [1.29, 1.82) is 5.26 Å². The van der Waals surface area contributed by atoms with Crippen molar-refractivity contribution < 1.29 is 0 Å². The van der Waals surface area contributed by atoms with Crippen molar-refractivity contribution >= 4 is 0 Å². The zero-order chi connectivity index (χ0) is 15.2. The summed E-state index contributed by atoms with van der Waals surface area (Å²) in [6.45, 7) is 15.7. The zero-order valence-electron chi connectivity index (χ0n) is 14.1. The molecule has 1 fully saturated rings. The fraction of sp³-hybridized carbons (Fsp3) is 0.941. The molecule has 0 spiro atoms. The Labute approximate surface area is 125 Å². The molecule has 2 unspecified atom stereocenters. The minimum absolute atomic E-state index is 0.308. The molecule has 20 heavy (non-hydrogen) atoms.